The number of carbonyl (C=O) groups excluding carboxylic acids is 2. The zero-order valence-electron chi connectivity index (χ0n) is 13.3. The predicted octanol–water partition coefficient (Wildman–Crippen LogP) is 2.31. The summed E-state index contributed by atoms with van der Waals surface area (Å²) in [5.41, 5.74) is -0.570. The normalized spacial score (nSPS) is 27.0. The molecule has 1 atom stereocenters. The van der Waals surface area contributed by atoms with E-state index < -0.39 is 30.2 Å². The highest BCUT2D eigenvalue weighted by Gasteiger charge is 2.57. The van der Waals surface area contributed by atoms with Crippen molar-refractivity contribution >= 4 is 11.8 Å². The number of piperidine rings is 1. The van der Waals surface area contributed by atoms with E-state index in [1.165, 1.54) is 6.26 Å². The fraction of sp³-hybridized carbons (Fsp3) is 0.625. The minimum atomic E-state index is -3.08. The minimum absolute atomic E-state index is 0.0247. The van der Waals surface area contributed by atoms with Gasteiger partial charge in [0.05, 0.1) is 18.2 Å². The fourth-order valence-electron chi connectivity index (χ4n) is 3.69. The van der Waals surface area contributed by atoms with Crippen molar-refractivity contribution in [2.24, 2.45) is 5.41 Å². The van der Waals surface area contributed by atoms with Gasteiger partial charge >= 0.3 is 0 Å². The molecule has 7 heteroatoms. The van der Waals surface area contributed by atoms with Crippen LogP contribution >= 0.6 is 0 Å². The summed E-state index contributed by atoms with van der Waals surface area (Å²) < 4.78 is 33.7. The molecule has 0 radical (unpaired) electrons. The van der Waals surface area contributed by atoms with E-state index in [1.54, 1.807) is 17.9 Å². The Kier molecular flexibility index (Phi) is 3.69. The van der Waals surface area contributed by atoms with Crippen LogP contribution in [0.3, 0.4) is 0 Å². The van der Waals surface area contributed by atoms with Gasteiger partial charge in [-0.2, -0.15) is 0 Å². The molecule has 0 saturated carbocycles. The summed E-state index contributed by atoms with van der Waals surface area (Å²) in [4.78, 5) is 27.8. The first kappa shape index (κ1) is 16.0. The molecule has 3 rings (SSSR count). The highest BCUT2D eigenvalue weighted by molar-refractivity contribution is 5.94. The molecule has 0 unspecified atom stereocenters. The van der Waals surface area contributed by atoms with Gasteiger partial charge in [0.2, 0.25) is 5.91 Å². The molecular formula is C16H20F2N2O3. The second kappa shape index (κ2) is 5.32. The SMILES string of the molecule is CCN1CC[C@@]2(CN(C(=O)c3occc3C)CC(F)(F)C2)C1=O. The van der Waals surface area contributed by atoms with E-state index in [9.17, 15) is 18.4 Å². The van der Waals surface area contributed by atoms with Crippen LogP contribution in [-0.2, 0) is 4.79 Å². The van der Waals surface area contributed by atoms with E-state index in [2.05, 4.69) is 0 Å². The summed E-state index contributed by atoms with van der Waals surface area (Å²) in [6, 6.07) is 1.62. The van der Waals surface area contributed by atoms with Gasteiger partial charge in [0.1, 0.15) is 0 Å². The van der Waals surface area contributed by atoms with Crippen LogP contribution in [0.25, 0.3) is 0 Å². The molecule has 2 fully saturated rings. The van der Waals surface area contributed by atoms with Crippen molar-refractivity contribution in [2.75, 3.05) is 26.2 Å². The Morgan fingerprint density at radius 3 is 2.70 bits per heavy atom. The van der Waals surface area contributed by atoms with Crippen LogP contribution in [-0.4, -0.2) is 53.7 Å². The number of alkyl halides is 2. The van der Waals surface area contributed by atoms with Gasteiger partial charge < -0.3 is 14.2 Å². The molecule has 1 aromatic rings. The van der Waals surface area contributed by atoms with Crippen molar-refractivity contribution in [3.05, 3.63) is 23.7 Å². The van der Waals surface area contributed by atoms with Crippen LogP contribution in [0.5, 0.6) is 0 Å². The molecule has 2 amide bonds. The van der Waals surface area contributed by atoms with Gasteiger partial charge in [0.25, 0.3) is 11.8 Å². The second-order valence-corrected chi connectivity index (χ2v) is 6.54. The molecular weight excluding hydrogens is 306 g/mol. The average Bonchev–Trinajstić information content (AvgIpc) is 3.02. The van der Waals surface area contributed by atoms with E-state index in [0.29, 0.717) is 25.1 Å². The first-order valence-electron chi connectivity index (χ1n) is 7.79. The molecule has 126 valence electrons. The molecule has 2 aliphatic heterocycles. The van der Waals surface area contributed by atoms with Crippen molar-refractivity contribution < 1.29 is 22.8 Å². The van der Waals surface area contributed by atoms with Crippen molar-refractivity contribution in [1.82, 2.24) is 9.80 Å². The monoisotopic (exact) mass is 326 g/mol. The van der Waals surface area contributed by atoms with Crippen LogP contribution in [0, 0.1) is 12.3 Å². The number of furan rings is 1. The third kappa shape index (κ3) is 2.62. The Morgan fingerprint density at radius 2 is 2.13 bits per heavy atom. The summed E-state index contributed by atoms with van der Waals surface area (Å²) in [6.45, 7) is 3.83. The number of carbonyl (C=O) groups is 2. The molecule has 3 heterocycles. The smallest absolute Gasteiger partial charge is 0.290 e. The lowest BCUT2D eigenvalue weighted by Crippen LogP contribution is -2.57. The lowest BCUT2D eigenvalue weighted by atomic mass is 9.77. The third-order valence-electron chi connectivity index (χ3n) is 4.84. The van der Waals surface area contributed by atoms with Gasteiger partial charge in [0.15, 0.2) is 5.76 Å². The van der Waals surface area contributed by atoms with Crippen molar-refractivity contribution in [3.8, 4) is 0 Å². The topological polar surface area (TPSA) is 53.8 Å². The number of rotatable bonds is 2. The second-order valence-electron chi connectivity index (χ2n) is 6.54. The number of hydrogen-bond acceptors (Lipinski definition) is 3. The number of amides is 2. The standard InChI is InChI=1S/C16H20F2N2O3/c1-3-19-6-5-15(14(19)22)8-16(17,18)10-20(9-15)13(21)12-11(2)4-7-23-12/h4,7H,3,5-6,8-10H2,1-2H3/t15-/m1/s1. The van der Waals surface area contributed by atoms with E-state index in [-0.39, 0.29) is 18.2 Å². The quantitative estimate of drug-likeness (QED) is 0.838. The van der Waals surface area contributed by atoms with E-state index >= 15 is 0 Å². The number of halogens is 2. The van der Waals surface area contributed by atoms with E-state index in [1.807, 2.05) is 6.92 Å². The molecule has 23 heavy (non-hydrogen) atoms. The fourth-order valence-corrected chi connectivity index (χ4v) is 3.69. The zero-order valence-corrected chi connectivity index (χ0v) is 13.3. The van der Waals surface area contributed by atoms with E-state index in [4.69, 9.17) is 4.42 Å². The van der Waals surface area contributed by atoms with Gasteiger partial charge in [0, 0.05) is 31.6 Å². The maximum absolute atomic E-state index is 14.3. The van der Waals surface area contributed by atoms with Crippen molar-refractivity contribution in [2.45, 2.75) is 32.6 Å². The Morgan fingerprint density at radius 1 is 1.39 bits per heavy atom. The predicted molar refractivity (Wildman–Crippen MR) is 78.2 cm³/mol. The van der Waals surface area contributed by atoms with E-state index in [0.717, 1.165) is 4.90 Å². The van der Waals surface area contributed by atoms with Gasteiger partial charge in [-0.15, -0.1) is 0 Å². The molecule has 0 aliphatic carbocycles. The molecule has 2 aliphatic rings. The summed E-state index contributed by atoms with van der Waals surface area (Å²) in [7, 11) is 0. The molecule has 0 N–H and O–H groups in total. The maximum Gasteiger partial charge on any atom is 0.290 e. The lowest BCUT2D eigenvalue weighted by molar-refractivity contribution is -0.151. The summed E-state index contributed by atoms with van der Waals surface area (Å²) in [5.74, 6) is -3.86. The van der Waals surface area contributed by atoms with Crippen LogP contribution in [0.4, 0.5) is 8.78 Å². The average molecular weight is 326 g/mol. The third-order valence-corrected chi connectivity index (χ3v) is 4.84. The van der Waals surface area contributed by atoms with Crippen molar-refractivity contribution in [3.63, 3.8) is 0 Å². The Hall–Kier alpha value is -1.92. The zero-order chi connectivity index (χ0) is 16.8. The minimum Gasteiger partial charge on any atom is -0.459 e. The van der Waals surface area contributed by atoms with Crippen LogP contribution in [0.1, 0.15) is 35.9 Å². The molecule has 1 aromatic heterocycles. The van der Waals surface area contributed by atoms with Crippen molar-refractivity contribution in [1.29, 1.82) is 0 Å². The molecule has 1 spiro atoms. The number of likely N-dealkylation sites (tertiary alicyclic amines) is 2. The van der Waals surface area contributed by atoms with Crippen LogP contribution in [0.15, 0.2) is 16.7 Å². The summed E-state index contributed by atoms with van der Waals surface area (Å²) in [5, 5.41) is 0. The Labute approximate surface area is 133 Å². The van der Waals surface area contributed by atoms with Crippen LogP contribution in [0.2, 0.25) is 0 Å². The van der Waals surface area contributed by atoms with Gasteiger partial charge in [-0.3, -0.25) is 9.59 Å². The summed E-state index contributed by atoms with van der Waals surface area (Å²) in [6.07, 6.45) is 1.23. The first-order chi connectivity index (χ1) is 10.8. The Bertz CT molecular complexity index is 643. The van der Waals surface area contributed by atoms with Gasteiger partial charge in [-0.1, -0.05) is 0 Å². The molecule has 2 saturated heterocycles. The Balaban J connectivity index is 1.90. The molecule has 5 nitrogen and oxygen atoms in total. The maximum atomic E-state index is 14.3. The number of nitrogens with zero attached hydrogens (tertiary/aromatic N) is 2. The van der Waals surface area contributed by atoms with Gasteiger partial charge in [-0.05, 0) is 26.3 Å². The van der Waals surface area contributed by atoms with Crippen LogP contribution < -0.4 is 0 Å². The molecule has 0 aromatic carbocycles. The largest absolute Gasteiger partial charge is 0.459 e. The number of hydrogen-bond donors (Lipinski definition) is 0. The summed E-state index contributed by atoms with van der Waals surface area (Å²) >= 11 is 0. The highest BCUT2D eigenvalue weighted by atomic mass is 19.3. The lowest BCUT2D eigenvalue weighted by Gasteiger charge is -2.42. The molecule has 0 bridgehead atoms. The first-order valence-corrected chi connectivity index (χ1v) is 7.79. The highest BCUT2D eigenvalue weighted by Crippen LogP contribution is 2.45. The van der Waals surface area contributed by atoms with Gasteiger partial charge in [-0.25, -0.2) is 8.78 Å². The number of aryl methyl sites for hydroxylation is 1.